The predicted octanol–water partition coefficient (Wildman–Crippen LogP) is 3.30. The summed E-state index contributed by atoms with van der Waals surface area (Å²) in [5.41, 5.74) is 0. The SMILES string of the molecule is O=C(O)CCC1CCCCN1C(=O)Cc1ccc(Br)s1. The number of halogens is 1. The molecule has 0 spiro atoms. The molecule has 6 heteroatoms. The topological polar surface area (TPSA) is 57.6 Å². The highest BCUT2D eigenvalue weighted by Gasteiger charge is 2.27. The van der Waals surface area contributed by atoms with Crippen LogP contribution >= 0.6 is 27.3 Å². The molecule has 1 saturated heterocycles. The summed E-state index contributed by atoms with van der Waals surface area (Å²) in [7, 11) is 0. The van der Waals surface area contributed by atoms with Gasteiger partial charge in [0.05, 0.1) is 10.2 Å². The molecule has 1 N–H and O–H groups in total. The monoisotopic (exact) mass is 359 g/mol. The minimum Gasteiger partial charge on any atom is -0.481 e. The van der Waals surface area contributed by atoms with E-state index >= 15 is 0 Å². The van der Waals surface area contributed by atoms with E-state index in [9.17, 15) is 9.59 Å². The third-order valence-corrected chi connectivity index (χ3v) is 5.22. The largest absolute Gasteiger partial charge is 0.481 e. The van der Waals surface area contributed by atoms with E-state index in [1.165, 1.54) is 0 Å². The summed E-state index contributed by atoms with van der Waals surface area (Å²) in [6, 6.07) is 4.00. The van der Waals surface area contributed by atoms with Crippen LogP contribution in [0.5, 0.6) is 0 Å². The number of piperidine rings is 1. The zero-order valence-electron chi connectivity index (χ0n) is 11.2. The fourth-order valence-electron chi connectivity index (χ4n) is 2.62. The van der Waals surface area contributed by atoms with Crippen LogP contribution in [-0.4, -0.2) is 34.5 Å². The molecule has 4 nitrogen and oxygen atoms in total. The van der Waals surface area contributed by atoms with Crippen molar-refractivity contribution in [3.05, 3.63) is 20.8 Å². The van der Waals surface area contributed by atoms with Gasteiger partial charge in [-0.1, -0.05) is 0 Å². The summed E-state index contributed by atoms with van der Waals surface area (Å²) in [4.78, 5) is 26.0. The molecule has 0 aliphatic carbocycles. The van der Waals surface area contributed by atoms with E-state index in [0.29, 0.717) is 12.8 Å². The lowest BCUT2D eigenvalue weighted by Crippen LogP contribution is -2.44. The number of thiophene rings is 1. The van der Waals surface area contributed by atoms with Gasteiger partial charge in [0.15, 0.2) is 0 Å². The zero-order valence-corrected chi connectivity index (χ0v) is 13.6. The molecule has 20 heavy (non-hydrogen) atoms. The van der Waals surface area contributed by atoms with Crippen LogP contribution < -0.4 is 0 Å². The minimum absolute atomic E-state index is 0.0933. The van der Waals surface area contributed by atoms with Gasteiger partial charge in [-0.25, -0.2) is 0 Å². The van der Waals surface area contributed by atoms with Crippen LogP contribution in [0.25, 0.3) is 0 Å². The second-order valence-corrected chi connectivity index (χ2v) is 7.60. The van der Waals surface area contributed by atoms with Crippen molar-refractivity contribution in [1.29, 1.82) is 0 Å². The number of rotatable bonds is 5. The Morgan fingerprint density at radius 2 is 2.20 bits per heavy atom. The molecule has 2 rings (SSSR count). The Hall–Kier alpha value is -0.880. The number of carboxylic acids is 1. The normalized spacial score (nSPS) is 19.1. The summed E-state index contributed by atoms with van der Waals surface area (Å²) in [6.07, 6.45) is 4.14. The Morgan fingerprint density at radius 1 is 1.40 bits per heavy atom. The van der Waals surface area contributed by atoms with Crippen molar-refractivity contribution < 1.29 is 14.7 Å². The highest BCUT2D eigenvalue weighted by molar-refractivity contribution is 9.11. The van der Waals surface area contributed by atoms with E-state index < -0.39 is 5.97 Å². The maximum Gasteiger partial charge on any atom is 0.303 e. The highest BCUT2D eigenvalue weighted by atomic mass is 79.9. The van der Waals surface area contributed by atoms with Crippen molar-refractivity contribution in [3.8, 4) is 0 Å². The molecule has 0 aromatic carbocycles. The fourth-order valence-corrected chi connectivity index (χ4v) is 4.09. The smallest absolute Gasteiger partial charge is 0.303 e. The number of hydrogen-bond donors (Lipinski definition) is 1. The first-order valence-corrected chi connectivity index (χ1v) is 8.42. The molecule has 1 atom stereocenters. The highest BCUT2D eigenvalue weighted by Crippen LogP contribution is 2.25. The summed E-state index contributed by atoms with van der Waals surface area (Å²) >= 11 is 4.97. The summed E-state index contributed by atoms with van der Waals surface area (Å²) in [5, 5.41) is 8.80. The molecule has 1 unspecified atom stereocenters. The third-order valence-electron chi connectivity index (χ3n) is 3.59. The van der Waals surface area contributed by atoms with Gasteiger partial charge in [-0.15, -0.1) is 11.3 Å². The van der Waals surface area contributed by atoms with Crippen molar-refractivity contribution in [2.45, 2.75) is 44.6 Å². The summed E-state index contributed by atoms with van der Waals surface area (Å²) in [5.74, 6) is -0.667. The van der Waals surface area contributed by atoms with Gasteiger partial charge in [-0.2, -0.15) is 0 Å². The third kappa shape index (κ3) is 4.31. The van der Waals surface area contributed by atoms with Crippen molar-refractivity contribution in [1.82, 2.24) is 4.90 Å². The lowest BCUT2D eigenvalue weighted by atomic mass is 9.97. The molecule has 1 aliphatic rings. The number of amides is 1. The van der Waals surface area contributed by atoms with Gasteiger partial charge in [0, 0.05) is 23.9 Å². The van der Waals surface area contributed by atoms with Gasteiger partial charge >= 0.3 is 5.97 Å². The Kier molecular flexibility index (Phi) is 5.60. The lowest BCUT2D eigenvalue weighted by Gasteiger charge is -2.35. The number of carboxylic acid groups (broad SMARTS) is 1. The van der Waals surface area contributed by atoms with Gasteiger partial charge < -0.3 is 10.0 Å². The number of nitrogens with zero attached hydrogens (tertiary/aromatic N) is 1. The van der Waals surface area contributed by atoms with E-state index in [0.717, 1.165) is 34.5 Å². The molecule has 110 valence electrons. The first-order chi connectivity index (χ1) is 9.56. The molecule has 1 aromatic heterocycles. The van der Waals surface area contributed by atoms with Crippen LogP contribution in [0.2, 0.25) is 0 Å². The summed E-state index contributed by atoms with van der Waals surface area (Å²) in [6.45, 7) is 0.760. The first-order valence-electron chi connectivity index (χ1n) is 6.81. The molecule has 0 saturated carbocycles. The second kappa shape index (κ2) is 7.22. The Bertz CT molecular complexity index is 489. The predicted molar refractivity (Wildman–Crippen MR) is 81.9 cm³/mol. The van der Waals surface area contributed by atoms with Crippen molar-refractivity contribution in [2.75, 3.05) is 6.54 Å². The molecule has 1 aromatic rings. The average Bonchev–Trinajstić information content (AvgIpc) is 2.82. The van der Waals surface area contributed by atoms with E-state index in [2.05, 4.69) is 15.9 Å². The van der Waals surface area contributed by atoms with Gasteiger partial charge in [0.25, 0.3) is 0 Å². The van der Waals surface area contributed by atoms with Gasteiger partial charge in [0.2, 0.25) is 5.91 Å². The Morgan fingerprint density at radius 3 is 2.85 bits per heavy atom. The van der Waals surface area contributed by atoms with Crippen molar-refractivity contribution >= 4 is 39.1 Å². The molecule has 0 radical (unpaired) electrons. The van der Waals surface area contributed by atoms with E-state index in [-0.39, 0.29) is 18.4 Å². The van der Waals surface area contributed by atoms with Crippen molar-refractivity contribution in [3.63, 3.8) is 0 Å². The maximum atomic E-state index is 12.4. The molecule has 0 bridgehead atoms. The molecule has 1 aliphatic heterocycles. The Balaban J connectivity index is 1.95. The number of likely N-dealkylation sites (tertiary alicyclic amines) is 1. The van der Waals surface area contributed by atoms with Crippen LogP contribution in [0.4, 0.5) is 0 Å². The molecule has 1 fully saturated rings. The maximum absolute atomic E-state index is 12.4. The van der Waals surface area contributed by atoms with E-state index in [1.54, 1.807) is 11.3 Å². The van der Waals surface area contributed by atoms with E-state index in [1.807, 2.05) is 17.0 Å². The molecular weight excluding hydrogens is 342 g/mol. The second-order valence-electron chi connectivity index (χ2n) is 5.05. The van der Waals surface area contributed by atoms with Crippen LogP contribution in [0.3, 0.4) is 0 Å². The fraction of sp³-hybridized carbons (Fsp3) is 0.571. The zero-order chi connectivity index (χ0) is 14.5. The van der Waals surface area contributed by atoms with Gasteiger partial charge in [0.1, 0.15) is 0 Å². The van der Waals surface area contributed by atoms with E-state index in [4.69, 9.17) is 5.11 Å². The first kappa shape index (κ1) is 15.5. The van der Waals surface area contributed by atoms with Crippen LogP contribution in [0.15, 0.2) is 15.9 Å². The van der Waals surface area contributed by atoms with Gasteiger partial charge in [-0.05, 0) is 53.7 Å². The number of hydrogen-bond acceptors (Lipinski definition) is 3. The lowest BCUT2D eigenvalue weighted by molar-refractivity contribution is -0.139. The van der Waals surface area contributed by atoms with Crippen molar-refractivity contribution in [2.24, 2.45) is 0 Å². The van der Waals surface area contributed by atoms with Crippen LogP contribution in [-0.2, 0) is 16.0 Å². The number of aliphatic carboxylic acids is 1. The molecule has 1 amide bonds. The minimum atomic E-state index is -0.787. The van der Waals surface area contributed by atoms with Gasteiger partial charge in [-0.3, -0.25) is 9.59 Å². The van der Waals surface area contributed by atoms with Crippen LogP contribution in [0, 0.1) is 0 Å². The number of carbonyl (C=O) groups is 2. The summed E-state index contributed by atoms with van der Waals surface area (Å²) < 4.78 is 1.03. The standard InChI is InChI=1S/C14H18BrNO3S/c15-12-6-5-11(20-12)9-13(17)16-8-2-1-3-10(16)4-7-14(18)19/h5-6,10H,1-4,7-9H2,(H,18,19). The van der Waals surface area contributed by atoms with Crippen LogP contribution in [0.1, 0.15) is 37.0 Å². The molecular formula is C14H18BrNO3S. The average molecular weight is 360 g/mol. The Labute approximate surface area is 130 Å². The number of carbonyl (C=O) groups excluding carboxylic acids is 1. The molecule has 2 heterocycles. The quantitative estimate of drug-likeness (QED) is 0.877.